The first-order valence-corrected chi connectivity index (χ1v) is 1.96. The molecule has 0 aromatic carbocycles. The van der Waals surface area contributed by atoms with E-state index in [1.807, 2.05) is 0 Å². The van der Waals surface area contributed by atoms with Crippen LogP contribution in [-0.2, 0) is 4.79 Å². The summed E-state index contributed by atoms with van der Waals surface area (Å²) in [6.45, 7) is 6.32. The van der Waals surface area contributed by atoms with Gasteiger partial charge < -0.3 is 15.2 Å². The Kier molecular flexibility index (Phi) is 7.53. The third kappa shape index (κ3) is 5.62. The van der Waals surface area contributed by atoms with Gasteiger partial charge in [-0.25, -0.2) is 0 Å². The van der Waals surface area contributed by atoms with E-state index in [4.69, 9.17) is 0 Å². The van der Waals surface area contributed by atoms with Gasteiger partial charge in [0.25, 0.3) is 0 Å². The van der Waals surface area contributed by atoms with Crippen molar-refractivity contribution in [1.29, 1.82) is 0 Å². The van der Waals surface area contributed by atoms with E-state index in [2.05, 4.69) is 18.5 Å². The van der Waals surface area contributed by atoms with Crippen LogP contribution in [0.3, 0.4) is 0 Å². The van der Waals surface area contributed by atoms with Gasteiger partial charge in [0, 0.05) is 0 Å². The summed E-state index contributed by atoms with van der Waals surface area (Å²) in [5.41, 5.74) is -0.181. The molecular weight excluding hydrogens is 129 g/mol. The molecule has 1 N–H and O–H groups in total. The minimum Gasteiger partial charge on any atom is -0.543 e. The van der Waals surface area contributed by atoms with E-state index in [0.29, 0.717) is 0 Å². The molecule has 0 aromatic rings. The van der Waals surface area contributed by atoms with Crippen LogP contribution in [0.2, 0.25) is 0 Å². The van der Waals surface area contributed by atoms with Crippen molar-refractivity contribution in [2.45, 2.75) is 0 Å². The predicted molar refractivity (Wildman–Crippen MR) is 27.5 cm³/mol. The minimum atomic E-state index is -1.31. The first-order valence-electron chi connectivity index (χ1n) is 1.96. The van der Waals surface area contributed by atoms with Crippen molar-refractivity contribution >= 4 is 5.97 Å². The molecule has 44 valence electrons. The second kappa shape index (κ2) is 5.88. The molecule has 0 aromatic heterocycles. The Bertz CT molecular complexity index is 133. The average Bonchev–Trinajstić information content (AvgIpc) is 1.67. The Hall–Kier alpha value is -0.250. The predicted octanol–water partition coefficient (Wildman–Crippen LogP) is -4.01. The van der Waals surface area contributed by atoms with Gasteiger partial charge >= 0.3 is 29.6 Å². The standard InChI is InChI=1S/C5H7NO2.Na/c1-3-6-4(2)5(7)8;/h3,6H,1-2H2,(H,7,8);/q;+1/p-1. The Morgan fingerprint density at radius 2 is 2.11 bits per heavy atom. The molecule has 0 unspecified atom stereocenters. The van der Waals surface area contributed by atoms with Crippen LogP contribution in [0.5, 0.6) is 0 Å². The summed E-state index contributed by atoms with van der Waals surface area (Å²) in [5.74, 6) is -1.31. The van der Waals surface area contributed by atoms with Crippen LogP contribution in [0.25, 0.3) is 0 Å². The molecule has 0 saturated carbocycles. The van der Waals surface area contributed by atoms with Gasteiger partial charge in [-0.05, 0) is 6.20 Å². The molecular formula is C5H6NNaO2. The molecule has 0 saturated heterocycles. The Labute approximate surface area is 75.7 Å². The maximum atomic E-state index is 9.77. The van der Waals surface area contributed by atoms with Gasteiger partial charge in [0.1, 0.15) is 0 Å². The molecule has 0 rings (SSSR count). The summed E-state index contributed by atoms with van der Waals surface area (Å²) in [6, 6.07) is 0. The van der Waals surface area contributed by atoms with Crippen LogP contribution >= 0.6 is 0 Å². The number of carboxylic acid groups (broad SMARTS) is 1. The fourth-order valence-corrected chi connectivity index (χ4v) is 0.182. The number of carboxylic acids is 1. The van der Waals surface area contributed by atoms with Crippen LogP contribution in [0.1, 0.15) is 0 Å². The van der Waals surface area contributed by atoms with Gasteiger partial charge in [0.15, 0.2) is 0 Å². The van der Waals surface area contributed by atoms with Gasteiger partial charge in [-0.2, -0.15) is 0 Å². The van der Waals surface area contributed by atoms with Crippen molar-refractivity contribution in [3.8, 4) is 0 Å². The summed E-state index contributed by atoms with van der Waals surface area (Å²) in [7, 11) is 0. The molecule has 0 fully saturated rings. The van der Waals surface area contributed by atoms with E-state index in [1.165, 1.54) is 6.20 Å². The van der Waals surface area contributed by atoms with Crippen LogP contribution in [0, 0.1) is 0 Å². The van der Waals surface area contributed by atoms with Gasteiger partial charge in [0.05, 0.1) is 11.7 Å². The van der Waals surface area contributed by atoms with Crippen molar-refractivity contribution in [3.63, 3.8) is 0 Å². The molecule has 0 amide bonds. The molecule has 9 heavy (non-hydrogen) atoms. The molecule has 4 heteroatoms. The third-order valence-corrected chi connectivity index (χ3v) is 0.523. The molecule has 0 radical (unpaired) electrons. The first-order chi connectivity index (χ1) is 3.68. The van der Waals surface area contributed by atoms with Crippen molar-refractivity contribution < 1.29 is 39.5 Å². The largest absolute Gasteiger partial charge is 1.00 e. The number of rotatable bonds is 3. The maximum Gasteiger partial charge on any atom is 1.00 e. The summed E-state index contributed by atoms with van der Waals surface area (Å²) in [6.07, 6.45) is 1.22. The van der Waals surface area contributed by atoms with Crippen molar-refractivity contribution in [3.05, 3.63) is 25.1 Å². The third-order valence-electron chi connectivity index (χ3n) is 0.523. The van der Waals surface area contributed by atoms with E-state index in [0.717, 1.165) is 0 Å². The van der Waals surface area contributed by atoms with Crippen molar-refractivity contribution in [2.75, 3.05) is 0 Å². The number of carbonyl (C=O) groups is 1. The van der Waals surface area contributed by atoms with E-state index in [-0.39, 0.29) is 35.3 Å². The van der Waals surface area contributed by atoms with Gasteiger partial charge in [0.2, 0.25) is 0 Å². The molecule has 0 bridgehead atoms. The molecule has 3 nitrogen and oxygen atoms in total. The fraction of sp³-hybridized carbons (Fsp3) is 0. The number of carbonyl (C=O) groups excluding carboxylic acids is 1. The Morgan fingerprint density at radius 3 is 2.22 bits per heavy atom. The zero-order chi connectivity index (χ0) is 6.57. The number of hydrogen-bond donors (Lipinski definition) is 1. The van der Waals surface area contributed by atoms with Gasteiger partial charge in [-0.15, -0.1) is 0 Å². The molecule has 0 aliphatic heterocycles. The fourth-order valence-electron chi connectivity index (χ4n) is 0.182. The second-order valence-electron chi connectivity index (χ2n) is 1.11. The molecule has 0 aliphatic carbocycles. The monoisotopic (exact) mass is 135 g/mol. The number of nitrogens with one attached hydrogen (secondary N) is 1. The van der Waals surface area contributed by atoms with Crippen LogP contribution in [-0.4, -0.2) is 5.97 Å². The molecule has 0 aliphatic rings. The van der Waals surface area contributed by atoms with E-state index < -0.39 is 5.97 Å². The van der Waals surface area contributed by atoms with E-state index in [1.54, 1.807) is 0 Å². The van der Waals surface area contributed by atoms with E-state index in [9.17, 15) is 9.90 Å². The zero-order valence-corrected chi connectivity index (χ0v) is 7.31. The molecule has 0 atom stereocenters. The van der Waals surface area contributed by atoms with Gasteiger partial charge in [-0.1, -0.05) is 13.2 Å². The van der Waals surface area contributed by atoms with Crippen molar-refractivity contribution in [2.24, 2.45) is 0 Å². The second-order valence-corrected chi connectivity index (χ2v) is 1.11. The maximum absolute atomic E-state index is 9.77. The molecule has 0 spiro atoms. The van der Waals surface area contributed by atoms with Crippen LogP contribution < -0.4 is 40.0 Å². The van der Waals surface area contributed by atoms with Crippen LogP contribution in [0.15, 0.2) is 25.1 Å². The summed E-state index contributed by atoms with van der Waals surface area (Å²) >= 11 is 0. The Morgan fingerprint density at radius 1 is 1.67 bits per heavy atom. The van der Waals surface area contributed by atoms with Gasteiger partial charge in [-0.3, -0.25) is 0 Å². The first kappa shape index (κ1) is 11.5. The quantitative estimate of drug-likeness (QED) is 0.317. The number of hydrogen-bond acceptors (Lipinski definition) is 3. The van der Waals surface area contributed by atoms with Crippen LogP contribution in [0.4, 0.5) is 0 Å². The Balaban J connectivity index is 0. The minimum absolute atomic E-state index is 0. The van der Waals surface area contributed by atoms with Crippen molar-refractivity contribution in [1.82, 2.24) is 5.32 Å². The number of aliphatic carboxylic acids is 1. The summed E-state index contributed by atoms with van der Waals surface area (Å²) in [5, 5.41) is 12.0. The topological polar surface area (TPSA) is 52.2 Å². The molecule has 0 heterocycles. The average molecular weight is 135 g/mol. The normalized spacial score (nSPS) is 6.67. The zero-order valence-electron chi connectivity index (χ0n) is 5.31. The smallest absolute Gasteiger partial charge is 0.543 e. The summed E-state index contributed by atoms with van der Waals surface area (Å²) in [4.78, 5) is 9.77. The summed E-state index contributed by atoms with van der Waals surface area (Å²) < 4.78 is 0. The SMILES string of the molecule is C=CNC(=C)C(=O)[O-].[Na+]. The van der Waals surface area contributed by atoms with E-state index >= 15 is 0 Å².